The first kappa shape index (κ1) is 17.9. The Balaban J connectivity index is 2.02. The van der Waals surface area contributed by atoms with E-state index < -0.39 is 23.5 Å². The van der Waals surface area contributed by atoms with E-state index in [0.29, 0.717) is 0 Å². The van der Waals surface area contributed by atoms with Crippen LogP contribution in [0.5, 0.6) is 0 Å². The molecule has 0 saturated carbocycles. The van der Waals surface area contributed by atoms with Crippen LogP contribution in [-0.2, 0) is 6.18 Å². The molecular formula is C17H10ClF4N3O. The van der Waals surface area contributed by atoms with Crippen LogP contribution in [0.1, 0.15) is 15.9 Å². The average Bonchev–Trinajstić information content (AvgIpc) is 3.08. The molecule has 3 rings (SSSR count). The summed E-state index contributed by atoms with van der Waals surface area (Å²) in [6.07, 6.45) is -1.63. The van der Waals surface area contributed by atoms with E-state index in [0.717, 1.165) is 30.3 Å². The van der Waals surface area contributed by atoms with Crippen LogP contribution < -0.4 is 5.32 Å². The van der Waals surface area contributed by atoms with Crippen molar-refractivity contribution in [1.29, 1.82) is 0 Å². The zero-order valence-electron chi connectivity index (χ0n) is 12.9. The molecule has 0 bridgehead atoms. The number of carbonyl (C=O) groups is 1. The molecule has 1 amide bonds. The van der Waals surface area contributed by atoms with Gasteiger partial charge in [-0.25, -0.2) is 9.07 Å². The summed E-state index contributed by atoms with van der Waals surface area (Å²) in [4.78, 5) is 12.4. The fourth-order valence-electron chi connectivity index (χ4n) is 2.29. The molecule has 1 aromatic heterocycles. The second-order valence-corrected chi connectivity index (χ2v) is 5.67. The summed E-state index contributed by atoms with van der Waals surface area (Å²) in [5.41, 5.74) is -0.894. The largest absolute Gasteiger partial charge is 0.416 e. The summed E-state index contributed by atoms with van der Waals surface area (Å²) in [7, 11) is 0. The fourth-order valence-corrected chi connectivity index (χ4v) is 2.54. The van der Waals surface area contributed by atoms with Gasteiger partial charge in [-0.05, 0) is 42.5 Å². The van der Waals surface area contributed by atoms with Crippen LogP contribution in [0.3, 0.4) is 0 Å². The summed E-state index contributed by atoms with van der Waals surface area (Å²) < 4.78 is 53.5. The third-order valence-corrected chi connectivity index (χ3v) is 3.81. The van der Waals surface area contributed by atoms with Gasteiger partial charge in [0.15, 0.2) is 0 Å². The van der Waals surface area contributed by atoms with Gasteiger partial charge in [-0.2, -0.15) is 18.3 Å². The van der Waals surface area contributed by atoms with E-state index in [1.54, 1.807) is 6.07 Å². The number of nitrogens with zero attached hydrogens (tertiary/aromatic N) is 2. The molecule has 0 saturated heterocycles. The van der Waals surface area contributed by atoms with Crippen LogP contribution >= 0.6 is 11.6 Å². The normalized spacial score (nSPS) is 11.4. The molecule has 2 aromatic carbocycles. The van der Waals surface area contributed by atoms with Gasteiger partial charge in [-0.3, -0.25) is 4.79 Å². The smallest absolute Gasteiger partial charge is 0.320 e. The van der Waals surface area contributed by atoms with E-state index in [4.69, 9.17) is 11.6 Å². The van der Waals surface area contributed by atoms with E-state index in [2.05, 4.69) is 10.4 Å². The fraction of sp³-hybridized carbons (Fsp3) is 0.0588. The monoisotopic (exact) mass is 383 g/mol. The molecule has 0 fully saturated rings. The van der Waals surface area contributed by atoms with Gasteiger partial charge in [-0.15, -0.1) is 0 Å². The van der Waals surface area contributed by atoms with Crippen molar-refractivity contribution < 1.29 is 22.4 Å². The molecular weight excluding hydrogens is 374 g/mol. The molecule has 134 valence electrons. The number of hydrogen-bond donors (Lipinski definition) is 1. The third-order valence-electron chi connectivity index (χ3n) is 3.50. The number of hydrogen-bond acceptors (Lipinski definition) is 2. The average molecular weight is 384 g/mol. The standard InChI is InChI=1S/C17H10ClF4N3O/c18-13-9-11(19)3-4-12(13)16(26)24-14-8-10(17(20,21)22)2-5-15(14)25-7-1-6-23-25/h1-9H,(H,24,26). The lowest BCUT2D eigenvalue weighted by Crippen LogP contribution is -2.16. The maximum atomic E-state index is 13.1. The number of amides is 1. The Hall–Kier alpha value is -2.87. The topological polar surface area (TPSA) is 46.9 Å². The minimum atomic E-state index is -4.59. The highest BCUT2D eigenvalue weighted by Crippen LogP contribution is 2.33. The molecule has 0 spiro atoms. The van der Waals surface area contributed by atoms with E-state index in [9.17, 15) is 22.4 Å². The first-order chi connectivity index (χ1) is 12.3. The third kappa shape index (κ3) is 3.70. The Morgan fingerprint density at radius 1 is 1.15 bits per heavy atom. The first-order valence-electron chi connectivity index (χ1n) is 7.23. The summed E-state index contributed by atoms with van der Waals surface area (Å²) >= 11 is 5.84. The van der Waals surface area contributed by atoms with Crippen molar-refractivity contribution in [3.8, 4) is 5.69 Å². The number of carbonyl (C=O) groups excluding carboxylic acids is 1. The number of rotatable bonds is 3. The Kier molecular flexibility index (Phi) is 4.69. The SMILES string of the molecule is O=C(Nc1cc(C(F)(F)F)ccc1-n1cccn1)c1ccc(F)cc1Cl. The van der Waals surface area contributed by atoms with Crippen molar-refractivity contribution in [2.24, 2.45) is 0 Å². The van der Waals surface area contributed by atoms with Crippen LogP contribution in [-0.4, -0.2) is 15.7 Å². The van der Waals surface area contributed by atoms with Gasteiger partial charge < -0.3 is 5.32 Å². The van der Waals surface area contributed by atoms with Gasteiger partial charge in [-0.1, -0.05) is 11.6 Å². The minimum absolute atomic E-state index is 0.0723. The van der Waals surface area contributed by atoms with Gasteiger partial charge in [0.1, 0.15) is 5.82 Å². The quantitative estimate of drug-likeness (QED) is 0.651. The van der Waals surface area contributed by atoms with E-state index in [-0.39, 0.29) is 22.0 Å². The second-order valence-electron chi connectivity index (χ2n) is 5.26. The highest BCUT2D eigenvalue weighted by molar-refractivity contribution is 6.34. The van der Waals surface area contributed by atoms with E-state index in [1.165, 1.54) is 23.1 Å². The Morgan fingerprint density at radius 2 is 1.92 bits per heavy atom. The minimum Gasteiger partial charge on any atom is -0.320 e. The van der Waals surface area contributed by atoms with Crippen molar-refractivity contribution in [3.05, 3.63) is 76.8 Å². The molecule has 1 N–H and O–H groups in total. The van der Waals surface area contributed by atoms with Crippen molar-refractivity contribution in [2.75, 3.05) is 5.32 Å². The zero-order valence-corrected chi connectivity index (χ0v) is 13.6. The predicted molar refractivity (Wildman–Crippen MR) is 87.9 cm³/mol. The van der Waals surface area contributed by atoms with Gasteiger partial charge in [0.05, 0.1) is 27.5 Å². The second kappa shape index (κ2) is 6.80. The maximum absolute atomic E-state index is 13.1. The molecule has 3 aromatic rings. The van der Waals surface area contributed by atoms with Crippen molar-refractivity contribution in [1.82, 2.24) is 9.78 Å². The lowest BCUT2D eigenvalue weighted by molar-refractivity contribution is -0.137. The van der Waals surface area contributed by atoms with Crippen LogP contribution in [0, 0.1) is 5.82 Å². The number of aromatic nitrogens is 2. The number of halogens is 5. The highest BCUT2D eigenvalue weighted by atomic mass is 35.5. The van der Waals surface area contributed by atoms with Crippen LogP contribution in [0.4, 0.5) is 23.2 Å². The molecule has 0 atom stereocenters. The number of benzene rings is 2. The number of alkyl halides is 3. The van der Waals surface area contributed by atoms with Crippen LogP contribution in [0.15, 0.2) is 54.9 Å². The molecule has 0 unspecified atom stereocenters. The van der Waals surface area contributed by atoms with Gasteiger partial charge in [0.25, 0.3) is 5.91 Å². The Bertz CT molecular complexity index is 955. The maximum Gasteiger partial charge on any atom is 0.416 e. The molecule has 26 heavy (non-hydrogen) atoms. The highest BCUT2D eigenvalue weighted by Gasteiger charge is 2.31. The van der Waals surface area contributed by atoms with Crippen molar-refractivity contribution in [3.63, 3.8) is 0 Å². The van der Waals surface area contributed by atoms with Crippen molar-refractivity contribution >= 4 is 23.2 Å². The molecule has 0 aliphatic carbocycles. The van der Waals surface area contributed by atoms with E-state index in [1.807, 2.05) is 0 Å². The van der Waals surface area contributed by atoms with Gasteiger partial charge in [0.2, 0.25) is 0 Å². The molecule has 0 aliphatic heterocycles. The van der Waals surface area contributed by atoms with Crippen LogP contribution in [0.25, 0.3) is 5.69 Å². The first-order valence-corrected chi connectivity index (χ1v) is 7.61. The van der Waals surface area contributed by atoms with Gasteiger partial charge in [0, 0.05) is 12.4 Å². The van der Waals surface area contributed by atoms with Gasteiger partial charge >= 0.3 is 6.18 Å². The molecule has 9 heteroatoms. The summed E-state index contributed by atoms with van der Waals surface area (Å²) in [6.45, 7) is 0. The lowest BCUT2D eigenvalue weighted by atomic mass is 10.1. The molecule has 0 aliphatic rings. The summed E-state index contributed by atoms with van der Waals surface area (Å²) in [5.74, 6) is -1.41. The predicted octanol–water partition coefficient (Wildman–Crippen LogP) is 4.94. The lowest BCUT2D eigenvalue weighted by Gasteiger charge is -2.15. The number of nitrogens with one attached hydrogen (secondary N) is 1. The zero-order chi connectivity index (χ0) is 18.9. The summed E-state index contributed by atoms with van der Waals surface area (Å²) in [5, 5.41) is 6.18. The van der Waals surface area contributed by atoms with Crippen LogP contribution in [0.2, 0.25) is 5.02 Å². The number of anilines is 1. The Labute approximate surface area is 150 Å². The molecule has 4 nitrogen and oxygen atoms in total. The Morgan fingerprint density at radius 3 is 2.54 bits per heavy atom. The van der Waals surface area contributed by atoms with E-state index >= 15 is 0 Å². The molecule has 1 heterocycles. The molecule has 0 radical (unpaired) electrons. The summed E-state index contributed by atoms with van der Waals surface area (Å²) in [6, 6.07) is 7.58. The van der Waals surface area contributed by atoms with Crippen molar-refractivity contribution in [2.45, 2.75) is 6.18 Å².